The Labute approximate surface area is 116 Å². The molecule has 1 heterocycles. The topological polar surface area (TPSA) is 30.0 Å². The van der Waals surface area contributed by atoms with Gasteiger partial charge in [-0.2, -0.15) is 26.3 Å². The van der Waals surface area contributed by atoms with Gasteiger partial charge in [-0.1, -0.05) is 6.07 Å². The van der Waals surface area contributed by atoms with Gasteiger partial charge < -0.3 is 0 Å². The first-order valence-corrected chi connectivity index (χ1v) is 6.23. The van der Waals surface area contributed by atoms with Gasteiger partial charge in [-0.3, -0.25) is 9.78 Å². The van der Waals surface area contributed by atoms with Crippen LogP contribution in [-0.4, -0.2) is 23.1 Å². The van der Waals surface area contributed by atoms with Crippen LogP contribution >= 0.6 is 0 Å². The van der Waals surface area contributed by atoms with E-state index in [2.05, 4.69) is 4.98 Å². The Morgan fingerprint density at radius 3 is 2.38 bits per heavy atom. The summed E-state index contributed by atoms with van der Waals surface area (Å²) in [5.41, 5.74) is 0.567. The second kappa shape index (κ2) is 5.31. The molecular weight excluding hydrogens is 300 g/mol. The molecule has 0 bridgehead atoms. The van der Waals surface area contributed by atoms with Crippen LogP contribution in [0.1, 0.15) is 30.0 Å². The SMILES string of the molecule is O=C(C1CCCc2cccnc21)C(C(F)(F)F)C(F)(F)F. The second-order valence-corrected chi connectivity index (χ2v) is 4.91. The van der Waals surface area contributed by atoms with Crippen LogP contribution in [-0.2, 0) is 11.2 Å². The Bertz CT molecular complexity index is 522. The van der Waals surface area contributed by atoms with Crippen LogP contribution in [0.3, 0.4) is 0 Å². The first-order valence-electron chi connectivity index (χ1n) is 6.23. The van der Waals surface area contributed by atoms with Gasteiger partial charge in [0, 0.05) is 6.20 Å². The molecule has 2 rings (SSSR count). The minimum absolute atomic E-state index is 0.0345. The van der Waals surface area contributed by atoms with Crippen molar-refractivity contribution in [2.75, 3.05) is 0 Å². The molecule has 21 heavy (non-hydrogen) atoms. The highest BCUT2D eigenvalue weighted by molar-refractivity contribution is 5.89. The van der Waals surface area contributed by atoms with E-state index in [1.54, 1.807) is 6.07 Å². The van der Waals surface area contributed by atoms with E-state index in [1.165, 1.54) is 12.3 Å². The normalized spacial score (nSPS) is 19.5. The number of rotatable bonds is 2. The first-order chi connectivity index (χ1) is 9.62. The summed E-state index contributed by atoms with van der Waals surface area (Å²) in [6, 6.07) is 3.11. The van der Waals surface area contributed by atoms with Crippen molar-refractivity contribution in [3.05, 3.63) is 29.6 Å². The highest BCUT2D eigenvalue weighted by Gasteiger charge is 2.62. The molecule has 0 spiro atoms. The third-order valence-corrected chi connectivity index (χ3v) is 3.48. The lowest BCUT2D eigenvalue weighted by Gasteiger charge is -2.28. The average Bonchev–Trinajstić information content (AvgIpc) is 2.34. The molecular formula is C13H11F6NO. The number of hydrogen-bond donors (Lipinski definition) is 0. The molecule has 1 aliphatic carbocycles. The summed E-state index contributed by atoms with van der Waals surface area (Å²) in [4.78, 5) is 15.7. The van der Waals surface area contributed by atoms with Crippen molar-refractivity contribution >= 4 is 5.78 Å². The van der Waals surface area contributed by atoms with Gasteiger partial charge in [-0.05, 0) is 30.9 Å². The summed E-state index contributed by atoms with van der Waals surface area (Å²) >= 11 is 0. The Balaban J connectivity index is 2.40. The molecule has 8 heteroatoms. The van der Waals surface area contributed by atoms with Crippen molar-refractivity contribution in [3.8, 4) is 0 Å². The molecule has 1 atom stereocenters. The molecule has 0 N–H and O–H groups in total. The number of hydrogen-bond acceptors (Lipinski definition) is 2. The van der Waals surface area contributed by atoms with E-state index in [1.807, 2.05) is 0 Å². The number of halogens is 6. The van der Waals surface area contributed by atoms with E-state index < -0.39 is 30.0 Å². The zero-order chi connectivity index (χ0) is 15.8. The second-order valence-electron chi connectivity index (χ2n) is 4.91. The van der Waals surface area contributed by atoms with Crippen LogP contribution in [0.4, 0.5) is 26.3 Å². The van der Waals surface area contributed by atoms with Crippen LogP contribution < -0.4 is 0 Å². The third kappa shape index (κ3) is 3.19. The molecule has 2 nitrogen and oxygen atoms in total. The zero-order valence-electron chi connectivity index (χ0n) is 10.6. The smallest absolute Gasteiger partial charge is 0.298 e. The predicted octanol–water partition coefficient (Wildman–Crippen LogP) is 3.81. The van der Waals surface area contributed by atoms with Gasteiger partial charge in [0.15, 0.2) is 5.78 Å². The third-order valence-electron chi connectivity index (χ3n) is 3.48. The molecule has 0 amide bonds. The van der Waals surface area contributed by atoms with Gasteiger partial charge in [0.1, 0.15) is 0 Å². The number of fused-ring (bicyclic) bond motifs is 1. The van der Waals surface area contributed by atoms with Gasteiger partial charge in [0.05, 0.1) is 11.6 Å². The van der Waals surface area contributed by atoms with Gasteiger partial charge in [-0.25, -0.2) is 0 Å². The van der Waals surface area contributed by atoms with E-state index in [0.29, 0.717) is 18.4 Å². The zero-order valence-corrected chi connectivity index (χ0v) is 10.6. The quantitative estimate of drug-likeness (QED) is 0.777. The maximum Gasteiger partial charge on any atom is 0.407 e. The summed E-state index contributed by atoms with van der Waals surface area (Å²) in [6.45, 7) is 0. The van der Waals surface area contributed by atoms with E-state index in [4.69, 9.17) is 0 Å². The molecule has 0 aliphatic heterocycles. The molecule has 0 aromatic carbocycles. The average molecular weight is 311 g/mol. The Morgan fingerprint density at radius 1 is 1.19 bits per heavy atom. The monoisotopic (exact) mass is 311 g/mol. The fourth-order valence-corrected chi connectivity index (χ4v) is 2.60. The van der Waals surface area contributed by atoms with Crippen molar-refractivity contribution in [2.24, 2.45) is 5.92 Å². The van der Waals surface area contributed by atoms with Crippen molar-refractivity contribution in [3.63, 3.8) is 0 Å². The Kier molecular flexibility index (Phi) is 3.99. The number of aryl methyl sites for hydroxylation is 1. The summed E-state index contributed by atoms with van der Waals surface area (Å²) in [7, 11) is 0. The van der Waals surface area contributed by atoms with Crippen molar-refractivity contribution in [1.82, 2.24) is 4.98 Å². The molecule has 1 aromatic heterocycles. The number of alkyl halides is 6. The summed E-state index contributed by atoms with van der Waals surface area (Å²) < 4.78 is 75.8. The maximum absolute atomic E-state index is 12.6. The van der Waals surface area contributed by atoms with Gasteiger partial charge in [0.2, 0.25) is 5.92 Å². The van der Waals surface area contributed by atoms with Crippen LogP contribution in [0.5, 0.6) is 0 Å². The van der Waals surface area contributed by atoms with E-state index in [-0.39, 0.29) is 12.1 Å². The lowest BCUT2D eigenvalue weighted by Crippen LogP contribution is -2.45. The lowest BCUT2D eigenvalue weighted by atomic mass is 9.79. The molecule has 1 unspecified atom stereocenters. The molecule has 1 aliphatic rings. The Morgan fingerprint density at radius 2 is 1.81 bits per heavy atom. The largest absolute Gasteiger partial charge is 0.407 e. The molecule has 116 valence electrons. The number of pyridine rings is 1. The fourth-order valence-electron chi connectivity index (χ4n) is 2.60. The fraction of sp³-hybridized carbons (Fsp3) is 0.538. The molecule has 1 aromatic rings. The van der Waals surface area contributed by atoms with E-state index in [9.17, 15) is 31.1 Å². The minimum Gasteiger partial charge on any atom is -0.298 e. The summed E-state index contributed by atoms with van der Waals surface area (Å²) in [5, 5.41) is 0. The number of aromatic nitrogens is 1. The van der Waals surface area contributed by atoms with Crippen LogP contribution in [0.15, 0.2) is 18.3 Å². The summed E-state index contributed by atoms with van der Waals surface area (Å²) in [6.07, 6.45) is -9.23. The molecule has 0 radical (unpaired) electrons. The van der Waals surface area contributed by atoms with Gasteiger partial charge in [0.25, 0.3) is 0 Å². The Hall–Kier alpha value is -1.60. The van der Waals surface area contributed by atoms with E-state index >= 15 is 0 Å². The molecule has 0 saturated heterocycles. The van der Waals surface area contributed by atoms with Crippen LogP contribution in [0.25, 0.3) is 0 Å². The van der Waals surface area contributed by atoms with Crippen molar-refractivity contribution < 1.29 is 31.1 Å². The molecule has 0 saturated carbocycles. The van der Waals surface area contributed by atoms with Crippen LogP contribution in [0, 0.1) is 5.92 Å². The highest BCUT2D eigenvalue weighted by atomic mass is 19.4. The number of Topliss-reactive ketones (excluding diaryl/α,β-unsaturated/α-hetero) is 1. The lowest BCUT2D eigenvalue weighted by molar-refractivity contribution is -0.274. The van der Waals surface area contributed by atoms with E-state index in [0.717, 1.165) is 0 Å². The molecule has 0 fully saturated rings. The van der Waals surface area contributed by atoms with Crippen molar-refractivity contribution in [1.29, 1.82) is 0 Å². The number of ketones is 1. The van der Waals surface area contributed by atoms with Crippen molar-refractivity contribution in [2.45, 2.75) is 37.5 Å². The standard InChI is InChI=1S/C13H11F6NO/c14-12(15,16)11(13(17,18)19)10(21)8-5-1-3-7-4-2-6-20-9(7)8/h2,4,6,8,11H,1,3,5H2. The first kappa shape index (κ1) is 15.8. The number of carbonyl (C=O) groups excluding carboxylic acids is 1. The summed E-state index contributed by atoms with van der Waals surface area (Å²) in [5.74, 6) is -7.28. The number of carbonyl (C=O) groups is 1. The maximum atomic E-state index is 12.6. The highest BCUT2D eigenvalue weighted by Crippen LogP contribution is 2.44. The van der Waals surface area contributed by atoms with Gasteiger partial charge in [-0.15, -0.1) is 0 Å². The van der Waals surface area contributed by atoms with Gasteiger partial charge >= 0.3 is 12.4 Å². The van der Waals surface area contributed by atoms with Crippen LogP contribution in [0.2, 0.25) is 0 Å². The number of nitrogens with zero attached hydrogens (tertiary/aromatic N) is 1. The predicted molar refractivity (Wildman–Crippen MR) is 60.5 cm³/mol. The minimum atomic E-state index is -5.65.